The van der Waals surface area contributed by atoms with Crippen molar-refractivity contribution < 1.29 is 18.9 Å². The molecule has 2 unspecified atom stereocenters. The molecule has 0 saturated carbocycles. The van der Waals surface area contributed by atoms with Gasteiger partial charge in [0.2, 0.25) is 5.75 Å². The van der Waals surface area contributed by atoms with E-state index in [2.05, 4.69) is 96.7 Å². The number of methoxy groups -OCH3 is 2. The minimum absolute atomic E-state index is 0.117. The van der Waals surface area contributed by atoms with Crippen LogP contribution in [0.4, 0.5) is 0 Å². The van der Waals surface area contributed by atoms with E-state index in [9.17, 15) is 0 Å². The lowest BCUT2D eigenvalue weighted by molar-refractivity contribution is 0.221. The second kappa shape index (κ2) is 11.0. The summed E-state index contributed by atoms with van der Waals surface area (Å²) < 4.78 is 25.1. The summed E-state index contributed by atoms with van der Waals surface area (Å²) in [6.07, 6.45) is 3.66. The summed E-state index contributed by atoms with van der Waals surface area (Å²) >= 11 is 0. The molecule has 6 heterocycles. The molecule has 4 aromatic rings. The number of hydrogen-bond donors (Lipinski definition) is 0. The summed E-state index contributed by atoms with van der Waals surface area (Å²) in [6, 6.07) is 26.1. The monoisotopic (exact) mass is 562 g/mol. The second-order valence-electron chi connectivity index (χ2n) is 11.7. The van der Waals surface area contributed by atoms with Gasteiger partial charge in [-0.2, -0.15) is 0 Å². The van der Waals surface area contributed by atoms with Crippen LogP contribution in [0.3, 0.4) is 0 Å². The minimum Gasteiger partial charge on any atom is -0.493 e. The van der Waals surface area contributed by atoms with Gasteiger partial charge in [-0.05, 0) is 98.4 Å². The van der Waals surface area contributed by atoms with Gasteiger partial charge in [-0.1, -0.05) is 36.4 Å². The highest BCUT2D eigenvalue weighted by atomic mass is 16.5. The zero-order valence-electron chi connectivity index (χ0n) is 24.9. The standard InChI is InChI=1S/C36H38N2O4/c1-37-18-16-25-6-5-7-31-33(25)29(37)20-23-10-14-28(15-11-23)42-36-34-26(22-32(39-3)35(36)40-4)17-19-38(2)30(34)21-24-8-12-27(41-31)13-9-24/h5-15,22,29-30H,16-21H2,1-4H3. The third-order valence-corrected chi connectivity index (χ3v) is 9.26. The number of hydrogen-bond acceptors (Lipinski definition) is 6. The van der Waals surface area contributed by atoms with Crippen LogP contribution in [0.25, 0.3) is 0 Å². The fourth-order valence-corrected chi connectivity index (χ4v) is 6.92. The quantitative estimate of drug-likeness (QED) is 0.259. The Balaban J connectivity index is 1.38. The molecule has 216 valence electrons. The second-order valence-corrected chi connectivity index (χ2v) is 11.7. The Morgan fingerprint density at radius 3 is 1.88 bits per heavy atom. The first-order valence-electron chi connectivity index (χ1n) is 14.9. The van der Waals surface area contributed by atoms with Gasteiger partial charge in [-0.15, -0.1) is 0 Å². The van der Waals surface area contributed by atoms with E-state index in [1.54, 1.807) is 14.2 Å². The Morgan fingerprint density at radius 2 is 1.26 bits per heavy atom. The SMILES string of the molecule is COc1cc2c3c(c1OC)Oc1ccc(cc1)CC1c4c(cccc4Oc4ccc(cc4)CC3N(C)CC2)CCN1C. The fraction of sp³-hybridized carbons (Fsp3) is 0.333. The van der Waals surface area contributed by atoms with Crippen LogP contribution in [0.15, 0.2) is 72.8 Å². The maximum absolute atomic E-state index is 6.75. The molecule has 6 aliphatic rings. The Kier molecular flexibility index (Phi) is 7.04. The van der Waals surface area contributed by atoms with E-state index in [-0.39, 0.29) is 12.1 Å². The maximum Gasteiger partial charge on any atom is 0.204 e. The summed E-state index contributed by atoms with van der Waals surface area (Å²) in [5, 5.41) is 0. The molecule has 2 atom stereocenters. The normalized spacial score (nSPS) is 20.0. The number of nitrogens with zero attached hydrogens (tertiary/aromatic N) is 2. The summed E-state index contributed by atoms with van der Waals surface area (Å²) in [4.78, 5) is 4.87. The molecule has 0 spiro atoms. The maximum atomic E-state index is 6.75. The highest BCUT2D eigenvalue weighted by Crippen LogP contribution is 2.50. The first kappa shape index (κ1) is 26.9. The number of benzene rings is 4. The molecule has 4 bridgehead atoms. The molecule has 0 N–H and O–H groups in total. The van der Waals surface area contributed by atoms with E-state index in [1.807, 2.05) is 0 Å². The molecular formula is C36H38N2O4. The van der Waals surface area contributed by atoms with Gasteiger partial charge >= 0.3 is 0 Å². The van der Waals surface area contributed by atoms with Crippen molar-refractivity contribution in [2.75, 3.05) is 41.4 Å². The van der Waals surface area contributed by atoms with E-state index in [4.69, 9.17) is 18.9 Å². The molecule has 6 nitrogen and oxygen atoms in total. The Bertz CT molecular complexity index is 1600. The van der Waals surface area contributed by atoms with E-state index < -0.39 is 0 Å². The summed E-state index contributed by atoms with van der Waals surface area (Å²) in [7, 11) is 7.78. The average molecular weight is 563 g/mol. The summed E-state index contributed by atoms with van der Waals surface area (Å²) in [5.41, 5.74) is 7.56. The zero-order chi connectivity index (χ0) is 28.8. The molecule has 0 aromatic heterocycles. The van der Waals surface area contributed by atoms with Crippen LogP contribution < -0.4 is 18.9 Å². The van der Waals surface area contributed by atoms with Gasteiger partial charge in [-0.3, -0.25) is 9.80 Å². The predicted octanol–water partition coefficient (Wildman–Crippen LogP) is 7.15. The average Bonchev–Trinajstić information content (AvgIpc) is 3.01. The van der Waals surface area contributed by atoms with Crippen LogP contribution in [-0.4, -0.2) is 51.2 Å². The smallest absolute Gasteiger partial charge is 0.204 e. The largest absolute Gasteiger partial charge is 0.493 e. The number of ether oxygens (including phenoxy) is 4. The van der Waals surface area contributed by atoms with Crippen molar-refractivity contribution in [3.8, 4) is 34.5 Å². The van der Waals surface area contributed by atoms with Gasteiger partial charge in [-0.25, -0.2) is 0 Å². The van der Waals surface area contributed by atoms with Crippen molar-refractivity contribution in [3.05, 3.63) is 106 Å². The first-order valence-corrected chi connectivity index (χ1v) is 14.9. The van der Waals surface area contributed by atoms with Crippen LogP contribution in [0.2, 0.25) is 0 Å². The Labute approximate surface area is 248 Å². The summed E-state index contributed by atoms with van der Waals surface area (Å²) in [6.45, 7) is 1.98. The van der Waals surface area contributed by atoms with Gasteiger partial charge in [0, 0.05) is 36.3 Å². The lowest BCUT2D eigenvalue weighted by Gasteiger charge is -2.37. The van der Waals surface area contributed by atoms with Gasteiger partial charge in [0.15, 0.2) is 11.5 Å². The van der Waals surface area contributed by atoms with Crippen LogP contribution >= 0.6 is 0 Å². The molecule has 0 fully saturated rings. The molecule has 10 rings (SSSR count). The van der Waals surface area contributed by atoms with Crippen molar-refractivity contribution in [1.29, 1.82) is 0 Å². The topological polar surface area (TPSA) is 43.4 Å². The third-order valence-electron chi connectivity index (χ3n) is 9.26. The zero-order valence-corrected chi connectivity index (χ0v) is 24.9. The molecule has 0 saturated heterocycles. The number of rotatable bonds is 2. The molecule has 6 heteroatoms. The first-order chi connectivity index (χ1) is 20.5. The lowest BCUT2D eigenvalue weighted by Crippen LogP contribution is -2.34. The molecule has 6 aliphatic heterocycles. The van der Waals surface area contributed by atoms with E-state index >= 15 is 0 Å². The molecule has 0 aliphatic carbocycles. The molecule has 4 aromatic carbocycles. The van der Waals surface area contributed by atoms with Crippen LogP contribution in [0.5, 0.6) is 34.5 Å². The molecular weight excluding hydrogens is 524 g/mol. The van der Waals surface area contributed by atoms with Gasteiger partial charge in [0.1, 0.15) is 17.2 Å². The third kappa shape index (κ3) is 4.79. The summed E-state index contributed by atoms with van der Waals surface area (Å²) in [5.74, 6) is 4.66. The van der Waals surface area contributed by atoms with Crippen LogP contribution in [0.1, 0.15) is 45.5 Å². The van der Waals surface area contributed by atoms with E-state index in [1.165, 1.54) is 27.8 Å². The van der Waals surface area contributed by atoms with Crippen molar-refractivity contribution in [3.63, 3.8) is 0 Å². The molecule has 42 heavy (non-hydrogen) atoms. The molecule has 0 amide bonds. The lowest BCUT2D eigenvalue weighted by atomic mass is 9.87. The van der Waals surface area contributed by atoms with Gasteiger partial charge < -0.3 is 18.9 Å². The minimum atomic E-state index is 0.117. The highest BCUT2D eigenvalue weighted by molar-refractivity contribution is 5.62. The van der Waals surface area contributed by atoms with Crippen molar-refractivity contribution >= 4 is 0 Å². The van der Waals surface area contributed by atoms with Crippen LogP contribution in [0, 0.1) is 0 Å². The number of likely N-dealkylation sites (N-methyl/N-ethyl adjacent to an activating group) is 2. The highest BCUT2D eigenvalue weighted by Gasteiger charge is 2.33. The Morgan fingerprint density at radius 1 is 0.667 bits per heavy atom. The van der Waals surface area contributed by atoms with E-state index in [0.29, 0.717) is 11.5 Å². The van der Waals surface area contributed by atoms with Crippen molar-refractivity contribution in [1.82, 2.24) is 9.80 Å². The van der Waals surface area contributed by atoms with Crippen LogP contribution in [-0.2, 0) is 25.7 Å². The molecule has 0 radical (unpaired) electrons. The van der Waals surface area contributed by atoms with Gasteiger partial charge in [0.05, 0.1) is 14.2 Å². The van der Waals surface area contributed by atoms with E-state index in [0.717, 1.165) is 67.3 Å². The van der Waals surface area contributed by atoms with Crippen molar-refractivity contribution in [2.45, 2.75) is 37.8 Å². The fourth-order valence-electron chi connectivity index (χ4n) is 6.92. The van der Waals surface area contributed by atoms with Crippen molar-refractivity contribution in [2.24, 2.45) is 0 Å². The van der Waals surface area contributed by atoms with Gasteiger partial charge in [0.25, 0.3) is 0 Å². The Hall–Kier alpha value is -4.00. The predicted molar refractivity (Wildman–Crippen MR) is 165 cm³/mol.